The van der Waals surface area contributed by atoms with E-state index in [9.17, 15) is 13.2 Å². The fraction of sp³-hybridized carbons (Fsp3) is 0.353. The van der Waals surface area contributed by atoms with Crippen LogP contribution in [0.5, 0.6) is 0 Å². The van der Waals surface area contributed by atoms with Gasteiger partial charge in [-0.3, -0.25) is 9.88 Å². The molecule has 6 nitrogen and oxygen atoms in total. The number of ether oxygens (including phenoxy) is 1. The number of alkyl halides is 3. The number of rotatable bonds is 3. The highest BCUT2D eigenvalue weighted by atomic mass is 19.4. The van der Waals surface area contributed by atoms with Gasteiger partial charge >= 0.3 is 6.18 Å². The van der Waals surface area contributed by atoms with E-state index in [0.29, 0.717) is 30.9 Å². The van der Waals surface area contributed by atoms with Crippen LogP contribution in [0, 0.1) is 0 Å². The Bertz CT molecular complexity index is 904. The average molecular weight is 363 g/mol. The van der Waals surface area contributed by atoms with Crippen LogP contribution in [0.4, 0.5) is 13.2 Å². The van der Waals surface area contributed by atoms with Crippen LogP contribution in [0.3, 0.4) is 0 Å². The molecular weight excluding hydrogens is 347 g/mol. The Balaban J connectivity index is 1.82. The summed E-state index contributed by atoms with van der Waals surface area (Å²) in [4.78, 5) is 10.5. The molecule has 4 heterocycles. The third-order valence-electron chi connectivity index (χ3n) is 4.31. The van der Waals surface area contributed by atoms with Gasteiger partial charge in [0.1, 0.15) is 0 Å². The topological polar surface area (TPSA) is 55.5 Å². The number of aromatic nitrogens is 4. The van der Waals surface area contributed by atoms with Crippen LogP contribution < -0.4 is 0 Å². The van der Waals surface area contributed by atoms with Crippen molar-refractivity contribution >= 4 is 5.65 Å². The molecular formula is C17H16F3N5O. The number of morpholine rings is 1. The van der Waals surface area contributed by atoms with Gasteiger partial charge in [-0.05, 0) is 18.2 Å². The van der Waals surface area contributed by atoms with Crippen LogP contribution in [-0.2, 0) is 17.5 Å². The zero-order valence-electron chi connectivity index (χ0n) is 13.8. The number of halogens is 3. The maximum Gasteiger partial charge on any atom is 0.433 e. The van der Waals surface area contributed by atoms with Crippen LogP contribution in [-0.4, -0.2) is 50.8 Å². The van der Waals surface area contributed by atoms with E-state index in [1.54, 1.807) is 12.1 Å². The van der Waals surface area contributed by atoms with E-state index in [1.807, 2.05) is 0 Å². The van der Waals surface area contributed by atoms with Crippen molar-refractivity contribution in [3.63, 3.8) is 0 Å². The first kappa shape index (κ1) is 16.9. The molecule has 26 heavy (non-hydrogen) atoms. The molecule has 3 aromatic heterocycles. The van der Waals surface area contributed by atoms with Crippen molar-refractivity contribution < 1.29 is 17.9 Å². The Hall–Kier alpha value is -2.52. The summed E-state index contributed by atoms with van der Waals surface area (Å²) >= 11 is 0. The van der Waals surface area contributed by atoms with Gasteiger partial charge in [0.05, 0.1) is 25.1 Å². The molecule has 0 spiro atoms. The van der Waals surface area contributed by atoms with Gasteiger partial charge in [0.25, 0.3) is 0 Å². The second-order valence-corrected chi connectivity index (χ2v) is 6.05. The van der Waals surface area contributed by atoms with Gasteiger partial charge in [0, 0.05) is 43.2 Å². The van der Waals surface area contributed by atoms with E-state index in [2.05, 4.69) is 20.0 Å². The SMILES string of the molecule is FC(F)(F)c1cc(-c2ccncc2)nc2c(CN3CCOCC3)cnn12. The second-order valence-electron chi connectivity index (χ2n) is 6.05. The smallest absolute Gasteiger partial charge is 0.379 e. The van der Waals surface area contributed by atoms with E-state index < -0.39 is 11.9 Å². The predicted molar refractivity (Wildman–Crippen MR) is 87.3 cm³/mol. The monoisotopic (exact) mass is 363 g/mol. The molecule has 0 atom stereocenters. The quantitative estimate of drug-likeness (QED) is 0.716. The van der Waals surface area contributed by atoms with Crippen LogP contribution in [0.15, 0.2) is 36.8 Å². The Morgan fingerprint density at radius 3 is 2.54 bits per heavy atom. The molecule has 0 bridgehead atoms. The molecule has 1 aliphatic rings. The Labute approximate surface area is 147 Å². The van der Waals surface area contributed by atoms with Crippen LogP contribution in [0.1, 0.15) is 11.3 Å². The first-order chi connectivity index (χ1) is 12.5. The number of nitrogens with zero attached hydrogens (tertiary/aromatic N) is 5. The third-order valence-corrected chi connectivity index (χ3v) is 4.31. The highest BCUT2D eigenvalue weighted by Crippen LogP contribution is 2.32. The van der Waals surface area contributed by atoms with Crippen molar-refractivity contribution in [1.29, 1.82) is 0 Å². The van der Waals surface area contributed by atoms with Crippen molar-refractivity contribution in [3.05, 3.63) is 48.0 Å². The van der Waals surface area contributed by atoms with Gasteiger partial charge in [-0.15, -0.1) is 0 Å². The predicted octanol–water partition coefficient (Wildman–Crippen LogP) is 2.64. The van der Waals surface area contributed by atoms with E-state index in [-0.39, 0.29) is 11.3 Å². The molecule has 0 aliphatic carbocycles. The highest BCUT2D eigenvalue weighted by molar-refractivity contribution is 5.63. The fourth-order valence-electron chi connectivity index (χ4n) is 2.99. The Morgan fingerprint density at radius 1 is 1.12 bits per heavy atom. The lowest BCUT2D eigenvalue weighted by atomic mass is 10.1. The van der Waals surface area contributed by atoms with Gasteiger partial charge in [0.15, 0.2) is 11.3 Å². The summed E-state index contributed by atoms with van der Waals surface area (Å²) in [6, 6.07) is 4.29. The summed E-state index contributed by atoms with van der Waals surface area (Å²) in [5.41, 5.74) is 0.858. The van der Waals surface area contributed by atoms with Crippen molar-refractivity contribution in [3.8, 4) is 11.3 Å². The zero-order chi connectivity index (χ0) is 18.1. The maximum absolute atomic E-state index is 13.6. The minimum absolute atomic E-state index is 0.220. The molecule has 4 rings (SSSR count). The van der Waals surface area contributed by atoms with Gasteiger partial charge in [-0.2, -0.15) is 18.3 Å². The molecule has 136 valence electrons. The van der Waals surface area contributed by atoms with Gasteiger partial charge < -0.3 is 4.74 Å². The molecule has 0 saturated carbocycles. The first-order valence-corrected chi connectivity index (χ1v) is 8.18. The Kier molecular flexibility index (Phi) is 4.33. The highest BCUT2D eigenvalue weighted by Gasteiger charge is 2.35. The molecule has 0 unspecified atom stereocenters. The average Bonchev–Trinajstić information content (AvgIpc) is 3.04. The zero-order valence-corrected chi connectivity index (χ0v) is 13.8. The standard InChI is InChI=1S/C17H16F3N5O/c18-17(19,20)15-9-14(12-1-3-21-4-2-12)23-16-13(10-22-25(15)16)11-24-5-7-26-8-6-24/h1-4,9-10H,5-8,11H2. The number of hydrogen-bond donors (Lipinski definition) is 0. The maximum atomic E-state index is 13.6. The van der Waals surface area contributed by atoms with E-state index in [0.717, 1.165) is 23.7 Å². The molecule has 0 N–H and O–H groups in total. The summed E-state index contributed by atoms with van der Waals surface area (Å²) in [5, 5.41) is 3.95. The lowest BCUT2D eigenvalue weighted by Crippen LogP contribution is -2.35. The van der Waals surface area contributed by atoms with Crippen LogP contribution in [0.25, 0.3) is 16.9 Å². The largest absolute Gasteiger partial charge is 0.433 e. The molecule has 0 radical (unpaired) electrons. The molecule has 3 aromatic rings. The molecule has 9 heteroatoms. The lowest BCUT2D eigenvalue weighted by Gasteiger charge is -2.26. The van der Waals surface area contributed by atoms with Crippen molar-refractivity contribution in [2.75, 3.05) is 26.3 Å². The summed E-state index contributed by atoms with van der Waals surface area (Å²) in [6.07, 6.45) is -0.0202. The van der Waals surface area contributed by atoms with E-state index in [4.69, 9.17) is 4.74 Å². The summed E-state index contributed by atoms with van der Waals surface area (Å²) in [7, 11) is 0. The van der Waals surface area contributed by atoms with Crippen molar-refractivity contribution in [2.45, 2.75) is 12.7 Å². The molecule has 1 aliphatic heterocycles. The number of pyridine rings is 1. The van der Waals surface area contributed by atoms with Crippen molar-refractivity contribution in [1.82, 2.24) is 24.5 Å². The minimum atomic E-state index is -4.54. The normalized spacial score (nSPS) is 16.3. The first-order valence-electron chi connectivity index (χ1n) is 8.18. The van der Waals surface area contributed by atoms with Crippen LogP contribution in [0.2, 0.25) is 0 Å². The lowest BCUT2D eigenvalue weighted by molar-refractivity contribution is -0.142. The Morgan fingerprint density at radius 2 is 1.85 bits per heavy atom. The second kappa shape index (κ2) is 6.65. The van der Waals surface area contributed by atoms with Crippen molar-refractivity contribution in [2.24, 2.45) is 0 Å². The van der Waals surface area contributed by atoms with Crippen LogP contribution >= 0.6 is 0 Å². The molecule has 1 fully saturated rings. The van der Waals surface area contributed by atoms with E-state index >= 15 is 0 Å². The fourth-order valence-corrected chi connectivity index (χ4v) is 2.99. The van der Waals surface area contributed by atoms with Gasteiger partial charge in [-0.1, -0.05) is 0 Å². The molecule has 0 aromatic carbocycles. The summed E-state index contributed by atoms with van der Waals surface area (Å²) < 4.78 is 46.9. The van der Waals surface area contributed by atoms with Gasteiger partial charge in [-0.25, -0.2) is 9.50 Å². The van der Waals surface area contributed by atoms with E-state index in [1.165, 1.54) is 18.6 Å². The summed E-state index contributed by atoms with van der Waals surface area (Å²) in [5.74, 6) is 0. The molecule has 0 amide bonds. The molecule has 1 saturated heterocycles. The number of hydrogen-bond acceptors (Lipinski definition) is 5. The number of fused-ring (bicyclic) bond motifs is 1. The van der Waals surface area contributed by atoms with Gasteiger partial charge in [0.2, 0.25) is 0 Å². The minimum Gasteiger partial charge on any atom is -0.379 e. The third kappa shape index (κ3) is 3.27. The summed E-state index contributed by atoms with van der Waals surface area (Å²) in [6.45, 7) is 3.17.